The molecule has 1 aliphatic rings. The summed E-state index contributed by atoms with van der Waals surface area (Å²) in [5, 5.41) is 8.93. The van der Waals surface area contributed by atoms with Gasteiger partial charge >= 0.3 is 12.1 Å². The van der Waals surface area contributed by atoms with E-state index in [1.165, 1.54) is 0 Å². The monoisotopic (exact) mass is 352 g/mol. The quantitative estimate of drug-likeness (QED) is 0.688. The Morgan fingerprint density at radius 3 is 2.96 bits per heavy atom. The molecule has 1 aliphatic heterocycles. The molecule has 2 aromatic rings. The van der Waals surface area contributed by atoms with Gasteiger partial charge in [-0.15, -0.1) is 0 Å². The molecule has 3 rings (SSSR count). The first-order chi connectivity index (χ1) is 11.4. The predicted molar refractivity (Wildman–Crippen MR) is 86.1 cm³/mol. The highest BCUT2D eigenvalue weighted by Crippen LogP contribution is 2.13. The van der Waals surface area contributed by atoms with Gasteiger partial charge in [0.25, 0.3) is 0 Å². The van der Waals surface area contributed by atoms with Crippen LogP contribution in [0.2, 0.25) is 0 Å². The molecule has 10 nitrogen and oxygen atoms in total. The van der Waals surface area contributed by atoms with Crippen LogP contribution in [0.4, 0.5) is 15.3 Å². The van der Waals surface area contributed by atoms with E-state index in [0.29, 0.717) is 12.2 Å². The zero-order valence-electron chi connectivity index (χ0n) is 12.6. The number of anilines is 1. The average molecular weight is 352 g/mol. The molecule has 4 amide bonds. The highest BCUT2D eigenvalue weighted by atomic mass is 32.2. The smallest absolute Gasteiger partial charge is 0.325 e. The lowest BCUT2D eigenvalue weighted by molar-refractivity contribution is 0.199. The molecule has 0 radical (unpaired) electrons. The molecule has 0 atom stereocenters. The van der Waals surface area contributed by atoms with E-state index in [-0.39, 0.29) is 18.8 Å². The summed E-state index contributed by atoms with van der Waals surface area (Å²) < 4.78 is 28.2. The van der Waals surface area contributed by atoms with Crippen molar-refractivity contribution >= 4 is 33.3 Å². The largest absolute Gasteiger partial charge is 0.336 e. The summed E-state index contributed by atoms with van der Waals surface area (Å²) >= 11 is 0. The maximum atomic E-state index is 12.1. The lowest BCUT2D eigenvalue weighted by Gasteiger charge is -2.14. The number of amides is 4. The molecule has 128 valence electrons. The molecule has 1 fully saturated rings. The van der Waals surface area contributed by atoms with Crippen LogP contribution in [0.25, 0.3) is 5.52 Å². The molecule has 24 heavy (non-hydrogen) atoms. The van der Waals surface area contributed by atoms with Crippen molar-refractivity contribution in [1.29, 1.82) is 0 Å². The van der Waals surface area contributed by atoms with Crippen molar-refractivity contribution < 1.29 is 18.0 Å². The molecule has 0 bridgehead atoms. The molecule has 0 aromatic carbocycles. The standard InChI is InChI=1S/C13H16N6O4S/c20-12-14-4-7-18(12)13(21)15-5-8-24(22,23)17-10-2-6-19-11(9-10)1-3-16-19/h1-3,6,9,17H,4-5,7-8H2,(H,14,20)(H,15,21). The molecule has 2 aromatic heterocycles. The normalized spacial score (nSPS) is 14.7. The first-order valence-corrected chi connectivity index (χ1v) is 8.87. The van der Waals surface area contributed by atoms with Gasteiger partial charge in [0.2, 0.25) is 10.0 Å². The highest BCUT2D eigenvalue weighted by Gasteiger charge is 2.26. The molecular weight excluding hydrogens is 336 g/mol. The van der Waals surface area contributed by atoms with E-state index >= 15 is 0 Å². The molecule has 0 unspecified atom stereocenters. The second kappa shape index (κ2) is 6.35. The number of aromatic nitrogens is 2. The third-order valence-electron chi connectivity index (χ3n) is 3.42. The Morgan fingerprint density at radius 1 is 1.38 bits per heavy atom. The van der Waals surface area contributed by atoms with Crippen molar-refractivity contribution in [2.24, 2.45) is 0 Å². The van der Waals surface area contributed by atoms with Gasteiger partial charge in [-0.2, -0.15) is 5.10 Å². The summed E-state index contributed by atoms with van der Waals surface area (Å²) in [6.45, 7) is 0.553. The molecule has 3 N–H and O–H groups in total. The Bertz CT molecular complexity index is 877. The van der Waals surface area contributed by atoms with Gasteiger partial charge in [0.1, 0.15) is 0 Å². The van der Waals surface area contributed by atoms with Gasteiger partial charge < -0.3 is 10.6 Å². The molecule has 11 heteroatoms. The van der Waals surface area contributed by atoms with Crippen molar-refractivity contribution in [3.63, 3.8) is 0 Å². The number of sulfonamides is 1. The summed E-state index contributed by atoms with van der Waals surface area (Å²) in [6.07, 6.45) is 3.25. The van der Waals surface area contributed by atoms with Crippen molar-refractivity contribution in [3.05, 3.63) is 30.6 Å². The molecule has 1 saturated heterocycles. The van der Waals surface area contributed by atoms with Crippen LogP contribution in [0.5, 0.6) is 0 Å². The van der Waals surface area contributed by atoms with Gasteiger partial charge in [-0.3, -0.25) is 4.72 Å². The van der Waals surface area contributed by atoms with Crippen LogP contribution in [0, 0.1) is 0 Å². The first-order valence-electron chi connectivity index (χ1n) is 7.22. The van der Waals surface area contributed by atoms with E-state index < -0.39 is 22.1 Å². The van der Waals surface area contributed by atoms with Gasteiger partial charge in [-0.25, -0.2) is 27.4 Å². The van der Waals surface area contributed by atoms with E-state index in [1.807, 2.05) is 0 Å². The first kappa shape index (κ1) is 16.1. The summed E-state index contributed by atoms with van der Waals surface area (Å²) in [4.78, 5) is 24.1. The predicted octanol–water partition coefficient (Wildman–Crippen LogP) is -0.189. The number of pyridine rings is 1. The molecular formula is C13H16N6O4S. The number of fused-ring (bicyclic) bond motifs is 1. The van der Waals surface area contributed by atoms with Crippen LogP contribution in [-0.4, -0.2) is 60.4 Å². The van der Waals surface area contributed by atoms with Crippen LogP contribution in [0.1, 0.15) is 0 Å². The van der Waals surface area contributed by atoms with Crippen LogP contribution < -0.4 is 15.4 Å². The number of imide groups is 1. The molecule has 0 aliphatic carbocycles. The zero-order valence-corrected chi connectivity index (χ0v) is 13.4. The van der Waals surface area contributed by atoms with E-state index in [2.05, 4.69) is 20.5 Å². The Hall–Kier alpha value is -2.82. The second-order valence-corrected chi connectivity index (χ2v) is 6.99. The lowest BCUT2D eigenvalue weighted by atomic mass is 10.4. The van der Waals surface area contributed by atoms with Crippen LogP contribution >= 0.6 is 0 Å². The van der Waals surface area contributed by atoms with E-state index in [9.17, 15) is 18.0 Å². The van der Waals surface area contributed by atoms with Crippen molar-refractivity contribution in [1.82, 2.24) is 25.1 Å². The minimum absolute atomic E-state index is 0.104. The average Bonchev–Trinajstić information content (AvgIpc) is 3.14. The van der Waals surface area contributed by atoms with E-state index in [1.54, 1.807) is 35.1 Å². The number of hydrogen-bond donors (Lipinski definition) is 3. The minimum Gasteiger partial charge on any atom is -0.336 e. The Morgan fingerprint density at radius 2 is 2.21 bits per heavy atom. The number of carbonyl (C=O) groups excluding carboxylic acids is 2. The number of nitrogens with one attached hydrogen (secondary N) is 3. The number of urea groups is 2. The maximum Gasteiger partial charge on any atom is 0.325 e. The zero-order chi connectivity index (χ0) is 17.2. The lowest BCUT2D eigenvalue weighted by Crippen LogP contribution is -2.43. The summed E-state index contributed by atoms with van der Waals surface area (Å²) in [6, 6.07) is 3.89. The third-order valence-corrected chi connectivity index (χ3v) is 4.71. The van der Waals surface area contributed by atoms with Crippen LogP contribution in [-0.2, 0) is 10.0 Å². The fraction of sp³-hybridized carbons (Fsp3) is 0.308. The van der Waals surface area contributed by atoms with Gasteiger partial charge in [0, 0.05) is 32.0 Å². The van der Waals surface area contributed by atoms with Crippen molar-refractivity contribution in [2.45, 2.75) is 0 Å². The fourth-order valence-electron chi connectivity index (χ4n) is 2.27. The molecule has 0 saturated carbocycles. The molecule has 0 spiro atoms. The van der Waals surface area contributed by atoms with Gasteiger partial charge in [-0.05, 0) is 18.2 Å². The summed E-state index contributed by atoms with van der Waals surface area (Å²) in [5.41, 5.74) is 1.16. The number of nitrogens with zero attached hydrogens (tertiary/aromatic N) is 3. The van der Waals surface area contributed by atoms with Gasteiger partial charge in [-0.1, -0.05) is 0 Å². The van der Waals surface area contributed by atoms with Gasteiger partial charge in [0.15, 0.2) is 0 Å². The minimum atomic E-state index is -3.63. The maximum absolute atomic E-state index is 12.1. The number of hydrogen-bond acceptors (Lipinski definition) is 5. The number of carbonyl (C=O) groups is 2. The summed E-state index contributed by atoms with van der Waals surface area (Å²) in [5.74, 6) is -0.307. The van der Waals surface area contributed by atoms with Crippen molar-refractivity contribution in [2.75, 3.05) is 30.1 Å². The number of rotatable bonds is 5. The van der Waals surface area contributed by atoms with E-state index in [4.69, 9.17) is 0 Å². The third kappa shape index (κ3) is 3.56. The Balaban J connectivity index is 1.54. The SMILES string of the molecule is O=C1NCCN1C(=O)NCCS(=O)(=O)Nc1ccn2nccc2c1. The summed E-state index contributed by atoms with van der Waals surface area (Å²) in [7, 11) is -3.63. The molecule has 3 heterocycles. The van der Waals surface area contributed by atoms with Gasteiger partial charge in [0.05, 0.1) is 17.0 Å². The second-order valence-electron chi connectivity index (χ2n) is 5.15. The Labute approximate surface area is 137 Å². The van der Waals surface area contributed by atoms with E-state index in [0.717, 1.165) is 10.4 Å². The van der Waals surface area contributed by atoms with Crippen LogP contribution in [0.3, 0.4) is 0 Å². The Kier molecular flexibility index (Phi) is 4.25. The topological polar surface area (TPSA) is 125 Å². The van der Waals surface area contributed by atoms with Crippen LogP contribution in [0.15, 0.2) is 30.6 Å². The highest BCUT2D eigenvalue weighted by molar-refractivity contribution is 7.92. The van der Waals surface area contributed by atoms with Crippen molar-refractivity contribution in [3.8, 4) is 0 Å². The fourth-order valence-corrected chi connectivity index (χ4v) is 3.23.